The van der Waals surface area contributed by atoms with Crippen molar-refractivity contribution >= 4 is 11.7 Å². The summed E-state index contributed by atoms with van der Waals surface area (Å²) in [4.78, 5) is 19.2. The van der Waals surface area contributed by atoms with Crippen molar-refractivity contribution < 1.29 is 19.0 Å². The molecule has 4 rings (SSSR count). The van der Waals surface area contributed by atoms with E-state index < -0.39 is 0 Å². The molecule has 7 nitrogen and oxygen atoms in total. The van der Waals surface area contributed by atoms with Crippen LogP contribution in [0.3, 0.4) is 0 Å². The highest BCUT2D eigenvalue weighted by molar-refractivity contribution is 5.90. The number of rotatable bonds is 5. The van der Waals surface area contributed by atoms with E-state index in [-0.39, 0.29) is 24.2 Å². The fraction of sp³-hybridized carbons (Fsp3) is 0.429. The summed E-state index contributed by atoms with van der Waals surface area (Å²) in [7, 11) is 3.18. The van der Waals surface area contributed by atoms with Gasteiger partial charge in [-0.2, -0.15) is 0 Å². The molecule has 0 unspecified atom stereocenters. The third-order valence-corrected chi connectivity index (χ3v) is 5.45. The van der Waals surface area contributed by atoms with E-state index in [1.165, 1.54) is 0 Å². The van der Waals surface area contributed by atoms with Gasteiger partial charge in [0.05, 0.1) is 14.2 Å². The van der Waals surface area contributed by atoms with E-state index in [4.69, 9.17) is 14.2 Å². The number of hydrogen-bond acceptors (Lipinski definition) is 5. The molecule has 148 valence electrons. The van der Waals surface area contributed by atoms with Gasteiger partial charge in [-0.3, -0.25) is 0 Å². The van der Waals surface area contributed by atoms with Gasteiger partial charge in [-0.25, -0.2) is 9.78 Å². The average Bonchev–Trinajstić information content (AvgIpc) is 2.99. The van der Waals surface area contributed by atoms with Crippen LogP contribution in [0.4, 0.5) is 10.5 Å². The van der Waals surface area contributed by atoms with Crippen molar-refractivity contribution in [1.29, 1.82) is 0 Å². The number of anilines is 1. The normalized spacial score (nSPS) is 23.2. The Morgan fingerprint density at radius 1 is 1.07 bits per heavy atom. The van der Waals surface area contributed by atoms with Gasteiger partial charge >= 0.3 is 6.03 Å². The van der Waals surface area contributed by atoms with Gasteiger partial charge in [0, 0.05) is 61.1 Å². The number of hydrogen-bond donors (Lipinski definition) is 1. The number of nitrogens with zero attached hydrogens (tertiary/aromatic N) is 2. The molecule has 2 saturated heterocycles. The van der Waals surface area contributed by atoms with Crippen molar-refractivity contribution in [3.63, 3.8) is 0 Å². The van der Waals surface area contributed by atoms with Gasteiger partial charge < -0.3 is 24.4 Å². The molecule has 1 aromatic heterocycles. The van der Waals surface area contributed by atoms with Crippen molar-refractivity contribution in [2.75, 3.05) is 19.5 Å². The topological polar surface area (TPSA) is 72.9 Å². The molecule has 0 aliphatic carbocycles. The molecule has 2 aliphatic heterocycles. The third kappa shape index (κ3) is 3.83. The number of urea groups is 1. The van der Waals surface area contributed by atoms with E-state index in [0.717, 1.165) is 25.7 Å². The fourth-order valence-corrected chi connectivity index (χ4v) is 4.21. The number of carbonyl (C=O) groups excluding carboxylic acids is 1. The molecule has 0 saturated carbocycles. The molecule has 1 N–H and O–H groups in total. The minimum Gasteiger partial charge on any atom is -0.497 e. The first kappa shape index (κ1) is 18.4. The Morgan fingerprint density at radius 2 is 1.75 bits per heavy atom. The lowest BCUT2D eigenvalue weighted by Gasteiger charge is -2.38. The summed E-state index contributed by atoms with van der Waals surface area (Å²) in [5, 5.41) is 3.00. The van der Waals surface area contributed by atoms with Crippen LogP contribution in [0.2, 0.25) is 0 Å². The number of nitrogens with one attached hydrogen (secondary N) is 1. The molecule has 0 radical (unpaired) electrons. The number of carbonyl (C=O) groups is 1. The first-order chi connectivity index (χ1) is 13.7. The van der Waals surface area contributed by atoms with Gasteiger partial charge in [-0.15, -0.1) is 0 Å². The standard InChI is InChI=1S/C21H25N3O4/c1-26-17-9-14(10-18(13-17)27-2)23-21(25)24-15-6-7-16(24)12-19(11-15)28-20-5-3-4-8-22-20/h3-5,8-10,13,15-16,19H,6-7,11-12H2,1-2H3,(H,23,25)/t15-,16-/m0/s1. The zero-order valence-electron chi connectivity index (χ0n) is 16.1. The maximum Gasteiger partial charge on any atom is 0.322 e. The van der Waals surface area contributed by atoms with Crippen molar-refractivity contribution in [2.24, 2.45) is 0 Å². The van der Waals surface area contributed by atoms with Gasteiger partial charge in [0.2, 0.25) is 5.88 Å². The smallest absolute Gasteiger partial charge is 0.322 e. The van der Waals surface area contributed by atoms with Crippen LogP contribution in [0, 0.1) is 0 Å². The van der Waals surface area contributed by atoms with Crippen LogP contribution in [0.5, 0.6) is 17.4 Å². The minimum absolute atomic E-state index is 0.0842. The summed E-state index contributed by atoms with van der Waals surface area (Å²) < 4.78 is 16.6. The molecule has 2 aromatic rings. The molecular weight excluding hydrogens is 358 g/mol. The average molecular weight is 383 g/mol. The number of ether oxygens (including phenoxy) is 3. The zero-order valence-corrected chi connectivity index (χ0v) is 16.1. The zero-order chi connectivity index (χ0) is 19.5. The van der Waals surface area contributed by atoms with Gasteiger partial charge in [-0.1, -0.05) is 6.07 Å². The number of fused-ring (bicyclic) bond motifs is 2. The first-order valence-electron chi connectivity index (χ1n) is 9.56. The molecular formula is C21H25N3O4. The third-order valence-electron chi connectivity index (χ3n) is 5.45. The van der Waals surface area contributed by atoms with Crippen molar-refractivity contribution in [3.8, 4) is 17.4 Å². The summed E-state index contributed by atoms with van der Waals surface area (Å²) in [5.41, 5.74) is 0.660. The van der Waals surface area contributed by atoms with Crippen molar-refractivity contribution in [2.45, 2.75) is 43.9 Å². The molecule has 0 spiro atoms. The molecule has 3 heterocycles. The van der Waals surface area contributed by atoms with Gasteiger partial charge in [0.25, 0.3) is 0 Å². The molecule has 2 atom stereocenters. The van der Waals surface area contributed by atoms with Crippen LogP contribution in [0.1, 0.15) is 25.7 Å². The van der Waals surface area contributed by atoms with E-state index >= 15 is 0 Å². The molecule has 28 heavy (non-hydrogen) atoms. The van der Waals surface area contributed by atoms with Crippen LogP contribution >= 0.6 is 0 Å². The van der Waals surface area contributed by atoms with E-state index in [9.17, 15) is 4.79 Å². The maximum atomic E-state index is 13.0. The summed E-state index contributed by atoms with van der Waals surface area (Å²) in [6.07, 6.45) is 5.47. The largest absolute Gasteiger partial charge is 0.497 e. The molecule has 7 heteroatoms. The second kappa shape index (κ2) is 7.96. The number of amides is 2. The monoisotopic (exact) mass is 383 g/mol. The Kier molecular flexibility index (Phi) is 5.23. The molecule has 1 aromatic carbocycles. The number of pyridine rings is 1. The van der Waals surface area contributed by atoms with Gasteiger partial charge in [0.1, 0.15) is 17.6 Å². The lowest BCUT2D eigenvalue weighted by Crippen LogP contribution is -2.50. The number of methoxy groups -OCH3 is 2. The summed E-state index contributed by atoms with van der Waals surface area (Å²) in [6, 6.07) is 11.3. The van der Waals surface area contributed by atoms with Crippen LogP contribution < -0.4 is 19.5 Å². The molecule has 2 fully saturated rings. The van der Waals surface area contributed by atoms with E-state index in [1.807, 2.05) is 23.1 Å². The highest BCUT2D eigenvalue weighted by Gasteiger charge is 2.44. The van der Waals surface area contributed by atoms with Gasteiger partial charge in [0.15, 0.2) is 0 Å². The number of aromatic nitrogens is 1. The van der Waals surface area contributed by atoms with E-state index in [1.54, 1.807) is 38.6 Å². The van der Waals surface area contributed by atoms with Crippen molar-refractivity contribution in [1.82, 2.24) is 9.88 Å². The second-order valence-corrected chi connectivity index (χ2v) is 7.20. The lowest BCUT2D eigenvalue weighted by atomic mass is 10.00. The van der Waals surface area contributed by atoms with Crippen LogP contribution in [-0.4, -0.2) is 48.3 Å². The summed E-state index contributed by atoms with van der Waals surface area (Å²) in [5.74, 6) is 1.92. The van der Waals surface area contributed by atoms with E-state index in [0.29, 0.717) is 23.1 Å². The Balaban J connectivity index is 1.42. The first-order valence-corrected chi connectivity index (χ1v) is 9.56. The Hall–Kier alpha value is -2.96. The predicted octanol–water partition coefficient (Wildman–Crippen LogP) is 3.71. The fourth-order valence-electron chi connectivity index (χ4n) is 4.21. The molecule has 2 aliphatic rings. The van der Waals surface area contributed by atoms with Crippen LogP contribution in [-0.2, 0) is 0 Å². The highest BCUT2D eigenvalue weighted by atomic mass is 16.5. The summed E-state index contributed by atoms with van der Waals surface area (Å²) >= 11 is 0. The lowest BCUT2D eigenvalue weighted by molar-refractivity contribution is 0.0704. The van der Waals surface area contributed by atoms with Crippen LogP contribution in [0.25, 0.3) is 0 Å². The van der Waals surface area contributed by atoms with E-state index in [2.05, 4.69) is 10.3 Å². The number of piperidine rings is 1. The minimum atomic E-state index is -0.0842. The van der Waals surface area contributed by atoms with Gasteiger partial charge in [-0.05, 0) is 18.9 Å². The molecule has 2 bridgehead atoms. The quantitative estimate of drug-likeness (QED) is 0.852. The Morgan fingerprint density at radius 3 is 2.32 bits per heavy atom. The highest BCUT2D eigenvalue weighted by Crippen LogP contribution is 2.38. The Bertz CT molecular complexity index is 793. The van der Waals surface area contributed by atoms with Crippen LogP contribution in [0.15, 0.2) is 42.6 Å². The predicted molar refractivity (Wildman–Crippen MR) is 105 cm³/mol. The molecule has 2 amide bonds. The summed E-state index contributed by atoms with van der Waals surface area (Å²) in [6.45, 7) is 0. The maximum absolute atomic E-state index is 13.0. The second-order valence-electron chi connectivity index (χ2n) is 7.20. The Labute approximate surface area is 164 Å². The number of benzene rings is 1. The van der Waals surface area contributed by atoms with Crippen molar-refractivity contribution in [3.05, 3.63) is 42.6 Å². The SMILES string of the molecule is COc1cc(NC(=O)N2[C@H]3CC[C@H]2CC(Oc2ccccn2)C3)cc(OC)c1.